The lowest BCUT2D eigenvalue weighted by Gasteiger charge is -2.15. The van der Waals surface area contributed by atoms with Gasteiger partial charge in [-0.25, -0.2) is 13.6 Å². The van der Waals surface area contributed by atoms with Gasteiger partial charge in [-0.1, -0.05) is 11.6 Å². The van der Waals surface area contributed by atoms with Gasteiger partial charge in [0.15, 0.2) is 0 Å². The molecule has 0 unspecified atom stereocenters. The van der Waals surface area contributed by atoms with Crippen LogP contribution < -0.4 is 15.2 Å². The van der Waals surface area contributed by atoms with Crippen molar-refractivity contribution in [3.63, 3.8) is 0 Å². The van der Waals surface area contributed by atoms with E-state index >= 15 is 0 Å². The van der Waals surface area contributed by atoms with Crippen molar-refractivity contribution in [3.05, 3.63) is 53.1 Å². The summed E-state index contributed by atoms with van der Waals surface area (Å²) in [7, 11) is -3.68. The Morgan fingerprint density at radius 2 is 1.83 bits per heavy atom. The lowest BCUT2D eigenvalue weighted by atomic mass is 10.2. The molecule has 3 N–H and O–H groups in total. The van der Waals surface area contributed by atoms with Crippen molar-refractivity contribution in [2.45, 2.75) is 31.4 Å². The van der Waals surface area contributed by atoms with Crippen LogP contribution in [0.15, 0.2) is 47.4 Å². The zero-order valence-electron chi connectivity index (χ0n) is 12.9. The van der Waals surface area contributed by atoms with Gasteiger partial charge >= 0.3 is 0 Å². The summed E-state index contributed by atoms with van der Waals surface area (Å²) in [6, 6.07) is 11.7. The van der Waals surface area contributed by atoms with E-state index in [1.54, 1.807) is 18.2 Å². The molecule has 0 atom stereocenters. The second kappa shape index (κ2) is 7.21. The van der Waals surface area contributed by atoms with Gasteiger partial charge < -0.3 is 10.1 Å². The molecule has 0 aromatic heterocycles. The number of ether oxygens (including phenoxy) is 1. The van der Waals surface area contributed by atoms with Crippen molar-refractivity contribution in [1.82, 2.24) is 0 Å². The summed E-state index contributed by atoms with van der Waals surface area (Å²) in [5, 5.41) is 8.91. The lowest BCUT2D eigenvalue weighted by Crippen LogP contribution is -2.12. The largest absolute Gasteiger partial charge is 0.491 e. The van der Waals surface area contributed by atoms with E-state index in [1.807, 2.05) is 26.0 Å². The number of nitrogens with two attached hydrogens (primary N) is 1. The van der Waals surface area contributed by atoms with Crippen LogP contribution in [-0.4, -0.2) is 14.5 Å². The number of benzene rings is 2. The summed E-state index contributed by atoms with van der Waals surface area (Å²) in [6.07, 6.45) is 0.0592. The average Bonchev–Trinajstić information content (AvgIpc) is 2.46. The normalized spacial score (nSPS) is 11.5. The fourth-order valence-electron chi connectivity index (χ4n) is 2.01. The molecule has 5 nitrogen and oxygen atoms in total. The SMILES string of the molecule is CC(C)Oc1ccc(Cl)cc1CNc1ccc(S(N)(=O)=O)cc1. The van der Waals surface area contributed by atoms with Gasteiger partial charge in [-0.05, 0) is 56.3 Å². The van der Waals surface area contributed by atoms with Gasteiger partial charge in [-0.15, -0.1) is 0 Å². The summed E-state index contributed by atoms with van der Waals surface area (Å²) in [4.78, 5) is 0.0784. The monoisotopic (exact) mass is 354 g/mol. The molecule has 0 heterocycles. The summed E-state index contributed by atoms with van der Waals surface area (Å²) < 4.78 is 28.2. The van der Waals surface area contributed by atoms with Crippen molar-refractivity contribution < 1.29 is 13.2 Å². The fraction of sp³-hybridized carbons (Fsp3) is 0.250. The molecule has 0 fully saturated rings. The number of halogens is 1. The minimum atomic E-state index is -3.68. The third-order valence-corrected chi connectivity index (χ3v) is 4.22. The first-order valence-electron chi connectivity index (χ1n) is 7.07. The maximum Gasteiger partial charge on any atom is 0.238 e. The molecule has 2 aromatic rings. The Hall–Kier alpha value is -1.76. The summed E-state index contributed by atoms with van der Waals surface area (Å²) in [5.74, 6) is 0.762. The predicted octanol–water partition coefficient (Wildman–Crippen LogP) is 3.39. The second-order valence-electron chi connectivity index (χ2n) is 5.34. The zero-order chi connectivity index (χ0) is 17.0. The molecule has 0 amide bonds. The smallest absolute Gasteiger partial charge is 0.238 e. The van der Waals surface area contributed by atoms with Gasteiger partial charge in [0.25, 0.3) is 0 Å². The molecule has 0 saturated heterocycles. The maximum atomic E-state index is 11.2. The number of primary sulfonamides is 1. The number of nitrogens with one attached hydrogen (secondary N) is 1. The van der Waals surface area contributed by atoms with E-state index in [1.165, 1.54) is 12.1 Å². The molecule has 23 heavy (non-hydrogen) atoms. The first-order chi connectivity index (χ1) is 10.8. The van der Waals surface area contributed by atoms with Crippen LogP contribution in [0, 0.1) is 0 Å². The Morgan fingerprint density at radius 3 is 2.39 bits per heavy atom. The molecular formula is C16H19ClN2O3S. The minimum absolute atomic E-state index is 0.0592. The van der Waals surface area contributed by atoms with Crippen molar-refractivity contribution in [2.24, 2.45) is 5.14 Å². The first-order valence-corrected chi connectivity index (χ1v) is 9.00. The molecule has 0 spiro atoms. The van der Waals surface area contributed by atoms with E-state index in [0.29, 0.717) is 11.6 Å². The van der Waals surface area contributed by atoms with Crippen molar-refractivity contribution >= 4 is 27.3 Å². The van der Waals surface area contributed by atoms with Gasteiger partial charge in [0.1, 0.15) is 5.75 Å². The van der Waals surface area contributed by atoms with Gasteiger partial charge in [0, 0.05) is 22.8 Å². The van der Waals surface area contributed by atoms with E-state index in [9.17, 15) is 8.42 Å². The van der Waals surface area contributed by atoms with Gasteiger partial charge in [0.2, 0.25) is 10.0 Å². The van der Waals surface area contributed by atoms with Crippen molar-refractivity contribution in [2.75, 3.05) is 5.32 Å². The average molecular weight is 355 g/mol. The van der Waals surface area contributed by atoms with E-state index in [0.717, 1.165) is 17.0 Å². The highest BCUT2D eigenvalue weighted by atomic mass is 35.5. The Balaban J connectivity index is 2.13. The molecular weight excluding hydrogens is 336 g/mol. The van der Waals surface area contributed by atoms with Crippen LogP contribution in [0.5, 0.6) is 5.75 Å². The summed E-state index contributed by atoms with van der Waals surface area (Å²) in [6.45, 7) is 4.41. The fourth-order valence-corrected chi connectivity index (χ4v) is 2.72. The first kappa shape index (κ1) is 17.6. The van der Waals surface area contributed by atoms with E-state index in [4.69, 9.17) is 21.5 Å². The van der Waals surface area contributed by atoms with E-state index in [2.05, 4.69) is 5.32 Å². The third-order valence-electron chi connectivity index (χ3n) is 3.05. The standard InChI is InChI=1S/C16H19ClN2O3S/c1-11(2)22-16-8-3-13(17)9-12(16)10-19-14-4-6-15(7-5-14)23(18,20)21/h3-9,11,19H,10H2,1-2H3,(H2,18,20,21). The number of hydrogen-bond acceptors (Lipinski definition) is 4. The highest BCUT2D eigenvalue weighted by molar-refractivity contribution is 7.89. The minimum Gasteiger partial charge on any atom is -0.491 e. The molecule has 0 bridgehead atoms. The van der Waals surface area contributed by atoms with Gasteiger partial charge in [-0.2, -0.15) is 0 Å². The number of sulfonamides is 1. The van der Waals surface area contributed by atoms with Crippen molar-refractivity contribution in [3.8, 4) is 5.75 Å². The Bertz CT molecular complexity index is 774. The van der Waals surface area contributed by atoms with Crippen molar-refractivity contribution in [1.29, 1.82) is 0 Å². The van der Waals surface area contributed by atoms with Crippen LogP contribution in [0.1, 0.15) is 19.4 Å². The van der Waals surface area contributed by atoms with Crippen LogP contribution >= 0.6 is 11.6 Å². The van der Waals surface area contributed by atoms with Crippen LogP contribution in [0.3, 0.4) is 0 Å². The maximum absolute atomic E-state index is 11.2. The molecule has 0 aliphatic carbocycles. The van der Waals surface area contributed by atoms with Gasteiger partial charge in [0.05, 0.1) is 11.0 Å². The highest BCUT2D eigenvalue weighted by Crippen LogP contribution is 2.25. The molecule has 0 aliphatic heterocycles. The quantitative estimate of drug-likeness (QED) is 0.833. The lowest BCUT2D eigenvalue weighted by molar-refractivity contribution is 0.240. The zero-order valence-corrected chi connectivity index (χ0v) is 14.5. The van der Waals surface area contributed by atoms with Crippen LogP contribution in [0.4, 0.5) is 5.69 Å². The summed E-state index contributed by atoms with van der Waals surface area (Å²) in [5.41, 5.74) is 1.69. The third kappa shape index (κ3) is 5.13. The Labute approximate surface area is 141 Å². The Kier molecular flexibility index (Phi) is 5.51. The van der Waals surface area contributed by atoms with Crippen LogP contribution in [-0.2, 0) is 16.6 Å². The molecule has 0 aliphatic rings. The number of anilines is 1. The predicted molar refractivity (Wildman–Crippen MR) is 92.4 cm³/mol. The molecule has 7 heteroatoms. The molecule has 0 saturated carbocycles. The van der Waals surface area contributed by atoms with Gasteiger partial charge in [-0.3, -0.25) is 0 Å². The molecule has 124 valence electrons. The molecule has 2 aromatic carbocycles. The number of rotatable bonds is 6. The van der Waals surface area contributed by atoms with Crippen LogP contribution in [0.25, 0.3) is 0 Å². The Morgan fingerprint density at radius 1 is 1.17 bits per heavy atom. The number of hydrogen-bond donors (Lipinski definition) is 2. The molecule has 2 rings (SSSR count). The van der Waals surface area contributed by atoms with Crippen LogP contribution in [0.2, 0.25) is 5.02 Å². The molecule has 0 radical (unpaired) electrons. The second-order valence-corrected chi connectivity index (χ2v) is 7.34. The summed E-state index contributed by atoms with van der Waals surface area (Å²) >= 11 is 6.04. The topological polar surface area (TPSA) is 81.4 Å². The van der Waals surface area contributed by atoms with E-state index in [-0.39, 0.29) is 11.0 Å². The van der Waals surface area contributed by atoms with E-state index < -0.39 is 10.0 Å². The highest BCUT2D eigenvalue weighted by Gasteiger charge is 2.09.